The molecule has 2 nitrogen and oxygen atoms in total. The molecule has 8 rings (SSSR count). The molecule has 3 aromatic carbocycles. The monoisotopic (exact) mass is 610 g/mol. The van der Waals surface area contributed by atoms with Gasteiger partial charge < -0.3 is 0 Å². The summed E-state index contributed by atoms with van der Waals surface area (Å²) in [6, 6.07) is 27.0. The molecule has 2 aromatic heterocycles. The van der Waals surface area contributed by atoms with Crippen LogP contribution in [0.1, 0.15) is 108 Å². The molecule has 2 atom stereocenters. The molecule has 1 aliphatic carbocycles. The maximum Gasteiger partial charge on any atom is 0.221 e. The smallest absolute Gasteiger partial charge is 0.207 e. The third kappa shape index (κ3) is 3.52. The third-order valence-corrected chi connectivity index (χ3v) is 12.6. The summed E-state index contributed by atoms with van der Waals surface area (Å²) in [7, 11) is 0. The SMILES string of the molecule is CCCCc1cc2c3c4[n+](ccc3c1)C(CC)(CC)C(CC)(C1Cc3ccccc3-c3cccc[n+]31)c1ccc(F)c(c1-4)C2(C)C. The number of aryl methyl sites for hydroxylation is 1. The number of hydrogen-bond acceptors (Lipinski definition) is 0. The molecule has 0 spiro atoms. The molecule has 2 unspecified atom stereocenters. The van der Waals surface area contributed by atoms with Gasteiger partial charge in [-0.05, 0) is 65.1 Å². The standard InChI is InChI=1S/C43H47FN2/c1-7-11-16-28-25-30-22-24-46-40-37(30)33(26-28)41(5,6)39-34(44)21-20-32(38(39)40)43(10-4,42(46,8-2)9-3)36-27-29-17-12-13-18-31(29)35-19-14-15-23-45(35)36/h12-15,17-26,36H,7-11,16,27H2,1-6H3/q+2. The fraction of sp³-hybridized carbons (Fsp3) is 0.395. The Labute approximate surface area is 273 Å². The Balaban J connectivity index is 1.52. The fourth-order valence-corrected chi connectivity index (χ4v) is 10.6. The number of rotatable bonds is 7. The van der Waals surface area contributed by atoms with Gasteiger partial charge in [0, 0.05) is 54.0 Å². The van der Waals surface area contributed by atoms with Crippen LogP contribution in [0.25, 0.3) is 33.3 Å². The van der Waals surface area contributed by atoms with Gasteiger partial charge in [0.25, 0.3) is 0 Å². The largest absolute Gasteiger partial charge is 0.221 e. The average molecular weight is 611 g/mol. The highest BCUT2D eigenvalue weighted by molar-refractivity contribution is 6.01. The topological polar surface area (TPSA) is 7.76 Å². The number of benzene rings is 3. The zero-order valence-electron chi connectivity index (χ0n) is 28.4. The number of pyridine rings is 2. The number of nitrogens with zero attached hydrogens (tertiary/aromatic N) is 2. The highest BCUT2D eigenvalue weighted by Crippen LogP contribution is 2.62. The second-order valence-corrected chi connectivity index (χ2v) is 14.6. The van der Waals surface area contributed by atoms with Gasteiger partial charge in [0.1, 0.15) is 11.2 Å². The van der Waals surface area contributed by atoms with E-state index in [1.165, 1.54) is 56.4 Å². The Kier molecular flexibility index (Phi) is 6.63. The number of hydrogen-bond donors (Lipinski definition) is 0. The quantitative estimate of drug-likeness (QED) is 0.162. The van der Waals surface area contributed by atoms with E-state index in [2.05, 4.69) is 130 Å². The van der Waals surface area contributed by atoms with Gasteiger partial charge in [0.05, 0.1) is 10.9 Å². The van der Waals surface area contributed by atoms with Gasteiger partial charge >= 0.3 is 0 Å². The second-order valence-electron chi connectivity index (χ2n) is 14.6. The maximum atomic E-state index is 16.7. The van der Waals surface area contributed by atoms with Gasteiger partial charge in [-0.15, -0.1) is 0 Å². The van der Waals surface area contributed by atoms with E-state index < -0.39 is 5.41 Å². The van der Waals surface area contributed by atoms with Crippen molar-refractivity contribution in [3.63, 3.8) is 0 Å². The lowest BCUT2D eigenvalue weighted by molar-refractivity contribution is -0.796. The molecule has 234 valence electrons. The van der Waals surface area contributed by atoms with Gasteiger partial charge in [-0.25, -0.2) is 4.39 Å². The van der Waals surface area contributed by atoms with Crippen molar-refractivity contribution in [1.82, 2.24) is 0 Å². The molecular weight excluding hydrogens is 563 g/mol. The van der Waals surface area contributed by atoms with Crippen molar-refractivity contribution in [3.05, 3.63) is 119 Å². The fourth-order valence-electron chi connectivity index (χ4n) is 10.6. The molecule has 3 heteroatoms. The lowest BCUT2D eigenvalue weighted by Gasteiger charge is -2.53. The highest BCUT2D eigenvalue weighted by Gasteiger charge is 2.69. The van der Waals surface area contributed by atoms with E-state index in [0.29, 0.717) is 0 Å². The molecule has 2 aliphatic heterocycles. The summed E-state index contributed by atoms with van der Waals surface area (Å²) < 4.78 is 21.9. The Bertz CT molecular complexity index is 2030. The summed E-state index contributed by atoms with van der Waals surface area (Å²) in [6.45, 7) is 14.0. The van der Waals surface area contributed by atoms with Crippen LogP contribution in [0.5, 0.6) is 0 Å². The number of unbranched alkanes of at least 4 members (excludes halogenated alkanes) is 1. The van der Waals surface area contributed by atoms with E-state index in [1.54, 1.807) is 0 Å². The van der Waals surface area contributed by atoms with E-state index >= 15 is 4.39 Å². The lowest BCUT2D eigenvalue weighted by Crippen LogP contribution is -2.75. The van der Waals surface area contributed by atoms with Crippen molar-refractivity contribution in [2.45, 2.75) is 109 Å². The molecule has 0 fully saturated rings. The summed E-state index contributed by atoms with van der Waals surface area (Å²) in [6.07, 6.45) is 11.9. The normalized spacial score (nSPS) is 21.2. The van der Waals surface area contributed by atoms with Crippen LogP contribution in [0.15, 0.2) is 85.2 Å². The molecule has 0 radical (unpaired) electrons. The minimum absolute atomic E-state index is 0.0792. The van der Waals surface area contributed by atoms with E-state index in [0.717, 1.165) is 49.7 Å². The van der Waals surface area contributed by atoms with Crippen molar-refractivity contribution in [2.75, 3.05) is 0 Å². The second kappa shape index (κ2) is 10.3. The summed E-state index contributed by atoms with van der Waals surface area (Å²) >= 11 is 0. The first-order valence-corrected chi connectivity index (χ1v) is 17.7. The van der Waals surface area contributed by atoms with Crippen molar-refractivity contribution >= 4 is 10.8 Å². The zero-order valence-corrected chi connectivity index (χ0v) is 28.4. The summed E-state index contributed by atoms with van der Waals surface area (Å²) in [5, 5.41) is 2.62. The number of fused-ring (bicyclic) bond motifs is 3. The Morgan fingerprint density at radius 1 is 0.826 bits per heavy atom. The summed E-state index contributed by atoms with van der Waals surface area (Å²) in [4.78, 5) is 0. The van der Waals surface area contributed by atoms with Crippen LogP contribution >= 0.6 is 0 Å². The highest BCUT2D eigenvalue weighted by atomic mass is 19.1. The average Bonchev–Trinajstić information content (AvgIpc) is 3.08. The lowest BCUT2D eigenvalue weighted by atomic mass is 9.51. The first-order chi connectivity index (χ1) is 22.3. The van der Waals surface area contributed by atoms with Crippen molar-refractivity contribution in [3.8, 4) is 22.5 Å². The van der Waals surface area contributed by atoms with Crippen molar-refractivity contribution < 1.29 is 13.5 Å². The molecule has 0 saturated carbocycles. The Hall–Kier alpha value is -3.85. The molecule has 0 N–H and O–H groups in total. The Morgan fingerprint density at radius 2 is 1.61 bits per heavy atom. The molecule has 0 bridgehead atoms. The van der Waals surface area contributed by atoms with Crippen LogP contribution in [0.4, 0.5) is 4.39 Å². The predicted octanol–water partition coefficient (Wildman–Crippen LogP) is 9.84. The van der Waals surface area contributed by atoms with Gasteiger partial charge in [-0.3, -0.25) is 0 Å². The molecule has 0 saturated heterocycles. The predicted molar refractivity (Wildman–Crippen MR) is 186 cm³/mol. The van der Waals surface area contributed by atoms with E-state index in [4.69, 9.17) is 0 Å². The first kappa shape index (κ1) is 29.5. The van der Waals surface area contributed by atoms with E-state index in [-0.39, 0.29) is 22.8 Å². The van der Waals surface area contributed by atoms with Crippen LogP contribution < -0.4 is 9.13 Å². The molecule has 4 heterocycles. The van der Waals surface area contributed by atoms with E-state index in [1.807, 2.05) is 6.07 Å². The van der Waals surface area contributed by atoms with Gasteiger partial charge in [-0.1, -0.05) is 84.4 Å². The number of aromatic nitrogens is 2. The van der Waals surface area contributed by atoms with Gasteiger partial charge in [-0.2, -0.15) is 9.13 Å². The van der Waals surface area contributed by atoms with Crippen LogP contribution in [-0.4, -0.2) is 0 Å². The summed E-state index contributed by atoms with van der Waals surface area (Å²) in [5.41, 5.74) is 10.3. The van der Waals surface area contributed by atoms with Crippen LogP contribution in [0.2, 0.25) is 0 Å². The van der Waals surface area contributed by atoms with E-state index in [9.17, 15) is 0 Å². The van der Waals surface area contributed by atoms with Crippen LogP contribution in [0, 0.1) is 5.82 Å². The third-order valence-electron chi connectivity index (χ3n) is 12.6. The maximum absolute atomic E-state index is 16.7. The first-order valence-electron chi connectivity index (χ1n) is 17.7. The molecule has 5 aromatic rings. The van der Waals surface area contributed by atoms with Crippen LogP contribution in [-0.2, 0) is 29.2 Å². The minimum atomic E-state index is -0.468. The van der Waals surface area contributed by atoms with Crippen molar-refractivity contribution in [2.24, 2.45) is 0 Å². The van der Waals surface area contributed by atoms with Crippen LogP contribution in [0.3, 0.4) is 0 Å². The molecule has 3 aliphatic rings. The molecule has 0 amide bonds. The summed E-state index contributed by atoms with van der Waals surface area (Å²) in [5.74, 6) is -0.0792. The zero-order chi connectivity index (χ0) is 32.0. The molecule has 46 heavy (non-hydrogen) atoms. The van der Waals surface area contributed by atoms with Crippen molar-refractivity contribution in [1.29, 1.82) is 0 Å². The Morgan fingerprint density at radius 3 is 2.37 bits per heavy atom. The van der Waals surface area contributed by atoms with Gasteiger partial charge in [0.2, 0.25) is 11.4 Å². The number of halogens is 1. The minimum Gasteiger partial charge on any atom is -0.207 e. The van der Waals surface area contributed by atoms with Gasteiger partial charge in [0.15, 0.2) is 24.0 Å². The molecular formula is C43H47FN2+2.